The summed E-state index contributed by atoms with van der Waals surface area (Å²) in [4.78, 5) is 14.7. The lowest BCUT2D eigenvalue weighted by molar-refractivity contribution is 0.249. The van der Waals surface area contributed by atoms with Gasteiger partial charge in [0.05, 0.1) is 6.54 Å². The second-order valence-electron chi connectivity index (χ2n) is 3.81. The van der Waals surface area contributed by atoms with Gasteiger partial charge in [0.15, 0.2) is 5.17 Å². The fraction of sp³-hybridized carbons (Fsp3) is 0.778. The van der Waals surface area contributed by atoms with Gasteiger partial charge in [0.25, 0.3) is 0 Å². The SMILES string of the molecule is CCC1(C)CSC(=NCCNC(N)=O)N1. The Labute approximate surface area is 94.3 Å². The molecule has 0 aromatic carbocycles. The molecule has 1 atom stereocenters. The van der Waals surface area contributed by atoms with Crippen molar-refractivity contribution in [2.75, 3.05) is 18.8 Å². The van der Waals surface area contributed by atoms with Crippen molar-refractivity contribution in [3.63, 3.8) is 0 Å². The van der Waals surface area contributed by atoms with Crippen LogP contribution in [0.4, 0.5) is 4.79 Å². The van der Waals surface area contributed by atoms with Gasteiger partial charge in [-0.1, -0.05) is 18.7 Å². The minimum absolute atomic E-state index is 0.167. The van der Waals surface area contributed by atoms with Crippen molar-refractivity contribution < 1.29 is 4.79 Å². The molecule has 0 saturated carbocycles. The Bertz CT molecular complexity index is 269. The van der Waals surface area contributed by atoms with Gasteiger partial charge in [0, 0.05) is 17.8 Å². The van der Waals surface area contributed by atoms with E-state index < -0.39 is 6.03 Å². The standard InChI is InChI=1S/C9H18N4OS/c1-3-9(2)6-15-8(13-9)12-5-4-11-7(10)14/h3-6H2,1-2H3,(H,12,13)(H3,10,11,14). The molecule has 1 aliphatic rings. The Hall–Kier alpha value is -0.910. The fourth-order valence-electron chi connectivity index (χ4n) is 1.17. The van der Waals surface area contributed by atoms with Crippen LogP contribution in [0.5, 0.6) is 0 Å². The van der Waals surface area contributed by atoms with Crippen LogP contribution in [0.2, 0.25) is 0 Å². The van der Waals surface area contributed by atoms with E-state index >= 15 is 0 Å². The van der Waals surface area contributed by atoms with Crippen LogP contribution in [-0.2, 0) is 0 Å². The molecule has 1 rings (SSSR count). The van der Waals surface area contributed by atoms with E-state index in [2.05, 4.69) is 29.5 Å². The average Bonchev–Trinajstić information content (AvgIpc) is 2.56. The molecule has 2 amide bonds. The van der Waals surface area contributed by atoms with Crippen LogP contribution in [0.1, 0.15) is 20.3 Å². The molecular weight excluding hydrogens is 212 g/mol. The molecule has 1 heterocycles. The van der Waals surface area contributed by atoms with Crippen LogP contribution in [0.15, 0.2) is 4.99 Å². The van der Waals surface area contributed by atoms with Gasteiger partial charge in [-0.15, -0.1) is 0 Å². The number of thioether (sulfide) groups is 1. The Morgan fingerprint density at radius 2 is 2.53 bits per heavy atom. The summed E-state index contributed by atoms with van der Waals surface area (Å²) in [5.74, 6) is 1.05. The van der Waals surface area contributed by atoms with Gasteiger partial charge in [-0.25, -0.2) is 4.79 Å². The molecule has 5 nitrogen and oxygen atoms in total. The van der Waals surface area contributed by atoms with Crippen LogP contribution in [0.25, 0.3) is 0 Å². The summed E-state index contributed by atoms with van der Waals surface area (Å²) in [6.07, 6.45) is 1.08. The lowest BCUT2D eigenvalue weighted by Crippen LogP contribution is -2.40. The number of carbonyl (C=O) groups is 1. The monoisotopic (exact) mass is 230 g/mol. The van der Waals surface area contributed by atoms with Gasteiger partial charge in [-0.05, 0) is 13.3 Å². The van der Waals surface area contributed by atoms with Gasteiger partial charge < -0.3 is 16.4 Å². The average molecular weight is 230 g/mol. The van der Waals surface area contributed by atoms with Gasteiger partial charge in [0.1, 0.15) is 0 Å². The number of hydrogen-bond donors (Lipinski definition) is 3. The lowest BCUT2D eigenvalue weighted by atomic mass is 10.0. The Morgan fingerprint density at radius 3 is 3.07 bits per heavy atom. The van der Waals surface area contributed by atoms with Crippen LogP contribution in [0.3, 0.4) is 0 Å². The van der Waals surface area contributed by atoms with Crippen molar-refractivity contribution in [1.29, 1.82) is 0 Å². The summed E-state index contributed by atoms with van der Waals surface area (Å²) in [6, 6.07) is -0.499. The molecule has 0 spiro atoms. The number of nitrogens with two attached hydrogens (primary N) is 1. The first-order valence-corrected chi connectivity index (χ1v) is 6.03. The second-order valence-corrected chi connectivity index (χ2v) is 4.77. The number of urea groups is 1. The highest BCUT2D eigenvalue weighted by atomic mass is 32.2. The number of amides is 2. The third kappa shape index (κ3) is 3.99. The van der Waals surface area contributed by atoms with Gasteiger partial charge in [-0.3, -0.25) is 4.99 Å². The summed E-state index contributed by atoms with van der Waals surface area (Å²) in [5, 5.41) is 6.84. The maximum Gasteiger partial charge on any atom is 0.312 e. The molecule has 1 saturated heterocycles. The molecule has 0 bridgehead atoms. The molecule has 4 N–H and O–H groups in total. The van der Waals surface area contributed by atoms with E-state index in [1.807, 2.05) is 0 Å². The van der Waals surface area contributed by atoms with Crippen LogP contribution >= 0.6 is 11.8 Å². The highest BCUT2D eigenvalue weighted by Crippen LogP contribution is 2.25. The molecule has 1 fully saturated rings. The van der Waals surface area contributed by atoms with Gasteiger partial charge >= 0.3 is 6.03 Å². The van der Waals surface area contributed by atoms with Crippen molar-refractivity contribution >= 4 is 23.0 Å². The second kappa shape index (κ2) is 5.25. The van der Waals surface area contributed by atoms with Crippen molar-refractivity contribution in [1.82, 2.24) is 10.6 Å². The molecule has 0 aromatic rings. The third-order valence-corrected chi connectivity index (χ3v) is 3.67. The highest BCUT2D eigenvalue weighted by Gasteiger charge is 2.30. The third-order valence-electron chi connectivity index (χ3n) is 2.38. The predicted octanol–water partition coefficient (Wildman–Crippen LogP) is 0.516. The van der Waals surface area contributed by atoms with Crippen LogP contribution in [-0.4, -0.2) is 35.6 Å². The highest BCUT2D eigenvalue weighted by molar-refractivity contribution is 8.14. The first-order chi connectivity index (χ1) is 7.06. The minimum Gasteiger partial charge on any atom is -0.359 e. The van der Waals surface area contributed by atoms with E-state index in [1.54, 1.807) is 11.8 Å². The number of primary amides is 1. The number of hydrogen-bond acceptors (Lipinski definition) is 3. The molecule has 86 valence electrons. The normalized spacial score (nSPS) is 27.7. The van der Waals surface area contributed by atoms with Crippen LogP contribution < -0.4 is 16.4 Å². The topological polar surface area (TPSA) is 79.5 Å². The smallest absolute Gasteiger partial charge is 0.312 e. The molecule has 15 heavy (non-hydrogen) atoms. The maximum atomic E-state index is 10.4. The zero-order valence-electron chi connectivity index (χ0n) is 9.17. The first kappa shape index (κ1) is 12.2. The summed E-state index contributed by atoms with van der Waals surface area (Å²) < 4.78 is 0. The lowest BCUT2D eigenvalue weighted by Gasteiger charge is -2.20. The number of carbonyl (C=O) groups excluding carboxylic acids is 1. The quantitative estimate of drug-likeness (QED) is 0.616. The fourth-order valence-corrected chi connectivity index (χ4v) is 2.40. The first-order valence-electron chi connectivity index (χ1n) is 5.04. The van der Waals surface area contributed by atoms with E-state index in [0.717, 1.165) is 17.3 Å². The molecule has 0 aromatic heterocycles. The number of rotatable bonds is 4. The van der Waals surface area contributed by atoms with Crippen molar-refractivity contribution in [2.45, 2.75) is 25.8 Å². The molecular formula is C9H18N4OS. The summed E-state index contributed by atoms with van der Waals surface area (Å²) in [5.41, 5.74) is 5.10. The summed E-state index contributed by atoms with van der Waals surface area (Å²) in [7, 11) is 0. The van der Waals surface area contributed by atoms with Crippen molar-refractivity contribution in [3.8, 4) is 0 Å². The Morgan fingerprint density at radius 1 is 1.80 bits per heavy atom. The Balaban J connectivity index is 2.28. The van der Waals surface area contributed by atoms with Crippen LogP contribution in [0, 0.1) is 0 Å². The van der Waals surface area contributed by atoms with Crippen molar-refractivity contribution in [3.05, 3.63) is 0 Å². The minimum atomic E-state index is -0.499. The largest absolute Gasteiger partial charge is 0.359 e. The maximum absolute atomic E-state index is 10.4. The molecule has 1 unspecified atom stereocenters. The van der Waals surface area contributed by atoms with Gasteiger partial charge in [-0.2, -0.15) is 0 Å². The van der Waals surface area contributed by atoms with E-state index in [-0.39, 0.29) is 5.54 Å². The number of aliphatic imine (C=N–C) groups is 1. The molecule has 0 aliphatic carbocycles. The van der Waals surface area contributed by atoms with Gasteiger partial charge in [0.2, 0.25) is 0 Å². The molecule has 1 aliphatic heterocycles. The zero-order chi connectivity index (χ0) is 11.3. The molecule has 6 heteroatoms. The van der Waals surface area contributed by atoms with E-state index in [1.165, 1.54) is 0 Å². The number of nitrogens with zero attached hydrogens (tertiary/aromatic N) is 1. The Kier molecular flexibility index (Phi) is 4.26. The molecule has 0 radical (unpaired) electrons. The summed E-state index contributed by atoms with van der Waals surface area (Å²) in [6.45, 7) is 5.40. The number of nitrogens with one attached hydrogen (secondary N) is 2. The van der Waals surface area contributed by atoms with E-state index in [9.17, 15) is 4.79 Å². The van der Waals surface area contributed by atoms with Crippen molar-refractivity contribution in [2.24, 2.45) is 10.7 Å². The summed E-state index contributed by atoms with van der Waals surface area (Å²) >= 11 is 1.73. The van der Waals surface area contributed by atoms with E-state index in [4.69, 9.17) is 5.73 Å². The van der Waals surface area contributed by atoms with E-state index in [0.29, 0.717) is 13.1 Å². The zero-order valence-corrected chi connectivity index (χ0v) is 9.99. The number of amidine groups is 1. The predicted molar refractivity (Wildman–Crippen MR) is 64.2 cm³/mol.